The van der Waals surface area contributed by atoms with Crippen molar-refractivity contribution in [1.82, 2.24) is 4.98 Å². The van der Waals surface area contributed by atoms with Gasteiger partial charge in [-0.25, -0.2) is 13.8 Å². The Hall–Kier alpha value is -1.39. The zero-order valence-corrected chi connectivity index (χ0v) is 7.34. The average molecular weight is 188 g/mol. The molecule has 0 bridgehead atoms. The number of aromatic nitrogens is 1. The molecule has 0 fully saturated rings. The summed E-state index contributed by atoms with van der Waals surface area (Å²) in [4.78, 5) is 3.65. The molecule has 72 valence electrons. The maximum Gasteiger partial charge on any atom is 0.284 e. The van der Waals surface area contributed by atoms with E-state index in [0.717, 1.165) is 0 Å². The molecule has 0 aliphatic heterocycles. The number of anilines is 1. The van der Waals surface area contributed by atoms with Crippen LogP contribution in [-0.4, -0.2) is 12.1 Å². The standard InChI is InChI=1S/C8H10F2N2O/c1-4-3-5(11)7(13-2)6(12-4)8(9)10/h3,8H,1-2H3,(H2,11,12). The van der Waals surface area contributed by atoms with Gasteiger partial charge in [0.2, 0.25) is 0 Å². The smallest absolute Gasteiger partial charge is 0.284 e. The molecule has 0 atom stereocenters. The molecule has 0 saturated carbocycles. The van der Waals surface area contributed by atoms with Crippen molar-refractivity contribution in [3.63, 3.8) is 0 Å². The van der Waals surface area contributed by atoms with Crippen molar-refractivity contribution >= 4 is 5.69 Å². The first-order valence-corrected chi connectivity index (χ1v) is 3.65. The van der Waals surface area contributed by atoms with E-state index in [1.54, 1.807) is 6.92 Å². The van der Waals surface area contributed by atoms with Gasteiger partial charge in [-0.05, 0) is 13.0 Å². The van der Waals surface area contributed by atoms with Crippen LogP contribution in [0.2, 0.25) is 0 Å². The van der Waals surface area contributed by atoms with Crippen molar-refractivity contribution in [2.75, 3.05) is 12.8 Å². The van der Waals surface area contributed by atoms with E-state index in [1.807, 2.05) is 0 Å². The summed E-state index contributed by atoms with van der Waals surface area (Å²) in [5, 5.41) is 0. The first kappa shape index (κ1) is 9.70. The van der Waals surface area contributed by atoms with Crippen molar-refractivity contribution in [2.45, 2.75) is 13.3 Å². The predicted octanol–water partition coefficient (Wildman–Crippen LogP) is 1.92. The monoisotopic (exact) mass is 188 g/mol. The van der Waals surface area contributed by atoms with E-state index in [-0.39, 0.29) is 11.4 Å². The van der Waals surface area contributed by atoms with E-state index < -0.39 is 12.1 Å². The summed E-state index contributed by atoms with van der Waals surface area (Å²) in [6, 6.07) is 1.49. The van der Waals surface area contributed by atoms with Crippen LogP contribution in [0.1, 0.15) is 17.8 Å². The van der Waals surface area contributed by atoms with Crippen LogP contribution < -0.4 is 10.5 Å². The zero-order valence-electron chi connectivity index (χ0n) is 7.34. The van der Waals surface area contributed by atoms with Crippen molar-refractivity contribution in [1.29, 1.82) is 0 Å². The molecule has 0 aliphatic carbocycles. The number of nitrogen functional groups attached to an aromatic ring is 1. The van der Waals surface area contributed by atoms with Crippen molar-refractivity contribution in [3.8, 4) is 5.75 Å². The minimum absolute atomic E-state index is 0.0411. The van der Waals surface area contributed by atoms with E-state index in [1.165, 1.54) is 13.2 Å². The summed E-state index contributed by atoms with van der Waals surface area (Å²) in [5.41, 5.74) is 5.71. The molecule has 0 spiro atoms. The van der Waals surface area contributed by atoms with Crippen molar-refractivity contribution in [3.05, 3.63) is 17.5 Å². The number of hydrogen-bond acceptors (Lipinski definition) is 3. The largest absolute Gasteiger partial charge is 0.492 e. The zero-order chi connectivity index (χ0) is 10.0. The van der Waals surface area contributed by atoms with Gasteiger partial charge >= 0.3 is 0 Å². The first-order chi connectivity index (χ1) is 6.06. The van der Waals surface area contributed by atoms with Gasteiger partial charge in [-0.2, -0.15) is 0 Å². The second-order valence-electron chi connectivity index (χ2n) is 2.57. The Labute approximate surface area is 74.5 Å². The fourth-order valence-corrected chi connectivity index (χ4v) is 1.08. The van der Waals surface area contributed by atoms with Gasteiger partial charge in [-0.1, -0.05) is 0 Å². The normalized spacial score (nSPS) is 10.5. The molecule has 0 aliphatic rings. The van der Waals surface area contributed by atoms with Crippen molar-refractivity contribution in [2.24, 2.45) is 0 Å². The van der Waals surface area contributed by atoms with Crippen molar-refractivity contribution < 1.29 is 13.5 Å². The predicted molar refractivity (Wildman–Crippen MR) is 44.9 cm³/mol. The second kappa shape index (κ2) is 3.55. The van der Waals surface area contributed by atoms with E-state index >= 15 is 0 Å². The van der Waals surface area contributed by atoms with Crippen LogP contribution in [0.4, 0.5) is 14.5 Å². The average Bonchev–Trinajstić information content (AvgIpc) is 2.02. The number of rotatable bonds is 2. The molecule has 0 unspecified atom stereocenters. The summed E-state index contributed by atoms with van der Waals surface area (Å²) in [6.07, 6.45) is -2.67. The number of nitrogens with two attached hydrogens (primary N) is 1. The fourth-order valence-electron chi connectivity index (χ4n) is 1.08. The van der Waals surface area contributed by atoms with E-state index in [0.29, 0.717) is 5.69 Å². The Morgan fingerprint density at radius 1 is 1.54 bits per heavy atom. The van der Waals surface area contributed by atoms with Crippen LogP contribution in [0.15, 0.2) is 6.07 Å². The number of pyridine rings is 1. The maximum atomic E-state index is 12.4. The topological polar surface area (TPSA) is 48.1 Å². The van der Waals surface area contributed by atoms with E-state index in [2.05, 4.69) is 4.98 Å². The molecule has 3 nitrogen and oxygen atoms in total. The molecule has 1 heterocycles. The lowest BCUT2D eigenvalue weighted by molar-refractivity contribution is 0.141. The van der Waals surface area contributed by atoms with Crippen LogP contribution in [0, 0.1) is 6.92 Å². The van der Waals surface area contributed by atoms with Gasteiger partial charge in [0, 0.05) is 5.69 Å². The molecule has 0 aromatic carbocycles. The van der Waals surface area contributed by atoms with Crippen LogP contribution in [0.5, 0.6) is 5.75 Å². The summed E-state index contributed by atoms with van der Waals surface area (Å²) >= 11 is 0. The molecule has 0 saturated heterocycles. The Morgan fingerprint density at radius 2 is 2.15 bits per heavy atom. The Balaban J connectivity index is 3.29. The number of aryl methyl sites for hydroxylation is 1. The lowest BCUT2D eigenvalue weighted by Gasteiger charge is -2.10. The third-order valence-corrected chi connectivity index (χ3v) is 1.57. The lowest BCUT2D eigenvalue weighted by Crippen LogP contribution is -2.02. The Bertz CT molecular complexity index is 315. The summed E-state index contributed by atoms with van der Waals surface area (Å²) in [7, 11) is 1.29. The molecular weight excluding hydrogens is 178 g/mol. The van der Waals surface area contributed by atoms with Crippen LogP contribution in [0.3, 0.4) is 0 Å². The molecule has 1 aromatic heterocycles. The number of nitrogens with zero attached hydrogens (tertiary/aromatic N) is 1. The first-order valence-electron chi connectivity index (χ1n) is 3.65. The summed E-state index contributed by atoms with van der Waals surface area (Å²) < 4.78 is 29.5. The highest BCUT2D eigenvalue weighted by Crippen LogP contribution is 2.32. The Morgan fingerprint density at radius 3 is 2.62 bits per heavy atom. The van der Waals surface area contributed by atoms with Crippen LogP contribution >= 0.6 is 0 Å². The summed E-state index contributed by atoms with van der Waals surface area (Å²) in [5.74, 6) is -0.0411. The highest BCUT2D eigenvalue weighted by Gasteiger charge is 2.18. The number of halogens is 2. The maximum absolute atomic E-state index is 12.4. The third-order valence-electron chi connectivity index (χ3n) is 1.57. The van der Waals surface area contributed by atoms with Crippen LogP contribution in [0.25, 0.3) is 0 Å². The minimum atomic E-state index is -2.67. The molecule has 2 N–H and O–H groups in total. The van der Waals surface area contributed by atoms with Gasteiger partial charge in [0.15, 0.2) is 11.4 Å². The Kier molecular flexibility index (Phi) is 2.65. The highest BCUT2D eigenvalue weighted by molar-refractivity contribution is 5.55. The van der Waals surface area contributed by atoms with Gasteiger partial charge in [-0.3, -0.25) is 0 Å². The SMILES string of the molecule is COc1c(N)cc(C)nc1C(F)F. The molecule has 0 amide bonds. The van der Waals surface area contributed by atoms with Gasteiger partial charge in [0.05, 0.1) is 12.8 Å². The number of alkyl halides is 2. The molecular formula is C8H10F2N2O. The third kappa shape index (κ3) is 1.85. The minimum Gasteiger partial charge on any atom is -0.492 e. The van der Waals surface area contributed by atoms with Gasteiger partial charge in [-0.15, -0.1) is 0 Å². The summed E-state index contributed by atoms with van der Waals surface area (Å²) in [6.45, 7) is 1.60. The molecule has 13 heavy (non-hydrogen) atoms. The van der Waals surface area contributed by atoms with E-state index in [9.17, 15) is 8.78 Å². The molecule has 5 heteroatoms. The second-order valence-corrected chi connectivity index (χ2v) is 2.57. The molecule has 1 rings (SSSR count). The highest BCUT2D eigenvalue weighted by atomic mass is 19.3. The molecule has 0 radical (unpaired) electrons. The van der Waals surface area contributed by atoms with Crippen LogP contribution in [-0.2, 0) is 0 Å². The van der Waals surface area contributed by atoms with E-state index in [4.69, 9.17) is 10.5 Å². The number of hydrogen-bond donors (Lipinski definition) is 1. The van der Waals surface area contributed by atoms with Gasteiger partial charge < -0.3 is 10.5 Å². The molecule has 1 aromatic rings. The van der Waals surface area contributed by atoms with Gasteiger partial charge in [0.1, 0.15) is 0 Å². The quantitative estimate of drug-likeness (QED) is 0.771. The van der Waals surface area contributed by atoms with Gasteiger partial charge in [0.25, 0.3) is 6.43 Å². The number of ether oxygens (including phenoxy) is 1. The number of methoxy groups -OCH3 is 1. The fraction of sp³-hybridized carbons (Fsp3) is 0.375. The lowest BCUT2D eigenvalue weighted by atomic mass is 10.2.